The first-order valence-electron chi connectivity index (χ1n) is 7.64. The van der Waals surface area contributed by atoms with E-state index in [1.165, 1.54) is 6.33 Å². The molecule has 0 aromatic carbocycles. The Labute approximate surface area is 136 Å². The molecule has 0 bridgehead atoms. The van der Waals surface area contributed by atoms with Crippen molar-refractivity contribution in [3.63, 3.8) is 0 Å². The van der Waals surface area contributed by atoms with Gasteiger partial charge in [-0.05, 0) is 13.0 Å². The summed E-state index contributed by atoms with van der Waals surface area (Å²) in [5.41, 5.74) is 1.89. The first kappa shape index (κ1) is 17.0. The predicted molar refractivity (Wildman–Crippen MR) is 86.8 cm³/mol. The lowest BCUT2D eigenvalue weighted by molar-refractivity contribution is 0.201. The summed E-state index contributed by atoms with van der Waals surface area (Å²) in [7, 11) is 1.76. The number of carbonyl (C=O) groups is 1. The van der Waals surface area contributed by atoms with Gasteiger partial charge in [0.1, 0.15) is 12.7 Å². The van der Waals surface area contributed by atoms with Crippen LogP contribution in [0.2, 0.25) is 0 Å². The average Bonchev–Trinajstić information content (AvgIpc) is 3.09. The third-order valence-corrected chi connectivity index (χ3v) is 3.45. The van der Waals surface area contributed by atoms with Crippen LogP contribution in [0, 0.1) is 0 Å². The Bertz CT molecular complexity index is 627. The summed E-state index contributed by atoms with van der Waals surface area (Å²) in [6.07, 6.45) is 3.11. The van der Waals surface area contributed by atoms with Crippen LogP contribution >= 0.6 is 0 Å². The maximum atomic E-state index is 12.2. The van der Waals surface area contributed by atoms with Gasteiger partial charge in [-0.1, -0.05) is 20.8 Å². The molecule has 126 valence electrons. The van der Waals surface area contributed by atoms with Crippen LogP contribution in [0.4, 0.5) is 4.79 Å². The van der Waals surface area contributed by atoms with Gasteiger partial charge in [0.25, 0.3) is 0 Å². The normalized spacial score (nSPS) is 12.9. The number of nitrogens with zero attached hydrogens (tertiary/aromatic N) is 5. The fraction of sp³-hybridized carbons (Fsp3) is 0.600. The molecule has 0 saturated heterocycles. The SMILES string of the molecule is C[C@H](Cn1cncn1)NC(=O)N(C)Cc1cc(C(C)(C)C)n[nH]1. The molecule has 23 heavy (non-hydrogen) atoms. The number of amides is 2. The molecule has 8 heteroatoms. The second-order valence-corrected chi connectivity index (χ2v) is 6.85. The number of nitrogens with one attached hydrogen (secondary N) is 2. The molecule has 2 N–H and O–H groups in total. The first-order valence-corrected chi connectivity index (χ1v) is 7.64. The Morgan fingerprint density at radius 2 is 2.22 bits per heavy atom. The standard InChI is InChI=1S/C15H25N7O/c1-11(7-22-10-16-9-17-22)18-14(23)21(5)8-12-6-13(20-19-12)15(2,3)4/h6,9-11H,7-8H2,1-5H3,(H,18,23)(H,19,20)/t11-/m1/s1. The number of hydrogen-bond acceptors (Lipinski definition) is 4. The molecule has 0 unspecified atom stereocenters. The van der Waals surface area contributed by atoms with Gasteiger partial charge in [-0.3, -0.25) is 9.78 Å². The van der Waals surface area contributed by atoms with Crippen LogP contribution < -0.4 is 5.32 Å². The van der Waals surface area contributed by atoms with Gasteiger partial charge in [-0.2, -0.15) is 10.2 Å². The molecule has 0 radical (unpaired) electrons. The zero-order chi connectivity index (χ0) is 17.0. The van der Waals surface area contributed by atoms with Crippen LogP contribution in [0.3, 0.4) is 0 Å². The van der Waals surface area contributed by atoms with Crippen molar-refractivity contribution in [3.8, 4) is 0 Å². The first-order chi connectivity index (χ1) is 10.8. The highest BCUT2D eigenvalue weighted by molar-refractivity contribution is 5.74. The van der Waals surface area contributed by atoms with Crippen molar-refractivity contribution < 1.29 is 4.79 Å². The monoisotopic (exact) mass is 319 g/mol. The minimum absolute atomic E-state index is 0.0120. The van der Waals surface area contributed by atoms with E-state index in [9.17, 15) is 4.79 Å². The van der Waals surface area contributed by atoms with Gasteiger partial charge in [0.15, 0.2) is 0 Å². The summed E-state index contributed by atoms with van der Waals surface area (Å²) < 4.78 is 1.69. The molecule has 8 nitrogen and oxygen atoms in total. The van der Waals surface area contributed by atoms with E-state index in [-0.39, 0.29) is 17.5 Å². The molecule has 0 saturated carbocycles. The van der Waals surface area contributed by atoms with Gasteiger partial charge in [0, 0.05) is 18.5 Å². The smallest absolute Gasteiger partial charge is 0.317 e. The zero-order valence-electron chi connectivity index (χ0n) is 14.4. The number of rotatable bonds is 5. The molecule has 0 fully saturated rings. The van der Waals surface area contributed by atoms with Crippen molar-refractivity contribution in [1.82, 2.24) is 35.2 Å². The fourth-order valence-electron chi connectivity index (χ4n) is 2.13. The van der Waals surface area contributed by atoms with E-state index in [1.807, 2.05) is 13.0 Å². The summed E-state index contributed by atoms with van der Waals surface area (Å²) >= 11 is 0. The maximum Gasteiger partial charge on any atom is 0.317 e. The highest BCUT2D eigenvalue weighted by atomic mass is 16.2. The molecule has 2 rings (SSSR count). The third kappa shape index (κ3) is 4.80. The van der Waals surface area contributed by atoms with Crippen molar-refractivity contribution in [1.29, 1.82) is 0 Å². The van der Waals surface area contributed by atoms with E-state index in [2.05, 4.69) is 46.4 Å². The van der Waals surface area contributed by atoms with Gasteiger partial charge in [0.05, 0.1) is 24.5 Å². The molecule has 2 aromatic heterocycles. The van der Waals surface area contributed by atoms with E-state index >= 15 is 0 Å². The highest BCUT2D eigenvalue weighted by Gasteiger charge is 2.19. The summed E-state index contributed by atoms with van der Waals surface area (Å²) in [6, 6.07) is 1.82. The topological polar surface area (TPSA) is 91.7 Å². The number of aromatic amines is 1. The zero-order valence-corrected chi connectivity index (χ0v) is 14.4. The summed E-state index contributed by atoms with van der Waals surface area (Å²) in [4.78, 5) is 17.7. The number of urea groups is 1. The molecule has 1 atom stereocenters. The largest absolute Gasteiger partial charge is 0.334 e. The lowest BCUT2D eigenvalue weighted by atomic mass is 9.92. The molecule has 0 aliphatic heterocycles. The van der Waals surface area contributed by atoms with Gasteiger partial charge < -0.3 is 10.2 Å². The van der Waals surface area contributed by atoms with Crippen molar-refractivity contribution in [2.45, 2.75) is 52.2 Å². The van der Waals surface area contributed by atoms with Gasteiger partial charge in [0.2, 0.25) is 0 Å². The lowest BCUT2D eigenvalue weighted by Gasteiger charge is -2.20. The minimum Gasteiger partial charge on any atom is -0.334 e. The molecular formula is C15H25N7O. The molecule has 0 aliphatic rings. The van der Waals surface area contributed by atoms with Crippen LogP contribution in [0.15, 0.2) is 18.7 Å². The average molecular weight is 319 g/mol. The van der Waals surface area contributed by atoms with Crippen molar-refractivity contribution >= 4 is 6.03 Å². The second kappa shape index (κ2) is 6.80. The fourth-order valence-corrected chi connectivity index (χ4v) is 2.13. The summed E-state index contributed by atoms with van der Waals surface area (Å²) in [5, 5.41) is 14.3. The van der Waals surface area contributed by atoms with E-state index in [0.29, 0.717) is 13.1 Å². The molecule has 2 heterocycles. The Morgan fingerprint density at radius 1 is 1.48 bits per heavy atom. The van der Waals surface area contributed by atoms with Crippen LogP contribution in [0.5, 0.6) is 0 Å². The second-order valence-electron chi connectivity index (χ2n) is 6.85. The van der Waals surface area contributed by atoms with E-state index < -0.39 is 0 Å². The Morgan fingerprint density at radius 3 is 2.78 bits per heavy atom. The Hall–Kier alpha value is -2.38. The van der Waals surface area contributed by atoms with Crippen molar-refractivity contribution in [2.24, 2.45) is 0 Å². The van der Waals surface area contributed by atoms with Crippen molar-refractivity contribution in [3.05, 3.63) is 30.1 Å². The third-order valence-electron chi connectivity index (χ3n) is 3.45. The summed E-state index contributed by atoms with van der Waals surface area (Å²) in [6.45, 7) is 9.31. The predicted octanol–water partition coefficient (Wildman–Crippen LogP) is 1.53. The van der Waals surface area contributed by atoms with Crippen LogP contribution in [-0.2, 0) is 18.5 Å². The molecular weight excluding hydrogens is 294 g/mol. The number of carbonyl (C=O) groups excluding carboxylic acids is 1. The molecule has 0 aliphatic carbocycles. The maximum absolute atomic E-state index is 12.2. The minimum atomic E-state index is -0.135. The Balaban J connectivity index is 1.86. The number of aromatic nitrogens is 5. The van der Waals surface area contributed by atoms with Crippen molar-refractivity contribution in [2.75, 3.05) is 7.05 Å². The van der Waals surface area contributed by atoms with E-state index in [0.717, 1.165) is 11.4 Å². The summed E-state index contributed by atoms with van der Waals surface area (Å²) in [5.74, 6) is 0. The number of H-pyrrole nitrogens is 1. The molecule has 0 spiro atoms. The van der Waals surface area contributed by atoms with Gasteiger partial charge in [-0.25, -0.2) is 9.78 Å². The van der Waals surface area contributed by atoms with Gasteiger partial charge in [-0.15, -0.1) is 0 Å². The van der Waals surface area contributed by atoms with Crippen LogP contribution in [0.1, 0.15) is 39.1 Å². The van der Waals surface area contributed by atoms with Crippen LogP contribution in [0.25, 0.3) is 0 Å². The molecule has 2 amide bonds. The van der Waals surface area contributed by atoms with E-state index in [4.69, 9.17) is 0 Å². The van der Waals surface area contributed by atoms with Gasteiger partial charge >= 0.3 is 6.03 Å². The highest BCUT2D eigenvalue weighted by Crippen LogP contribution is 2.20. The quantitative estimate of drug-likeness (QED) is 0.874. The van der Waals surface area contributed by atoms with Crippen LogP contribution in [-0.4, -0.2) is 49.0 Å². The van der Waals surface area contributed by atoms with E-state index in [1.54, 1.807) is 23.0 Å². The molecule has 2 aromatic rings. The Kier molecular flexibility index (Phi) is 5.02. The number of hydrogen-bond donors (Lipinski definition) is 2. The lowest BCUT2D eigenvalue weighted by Crippen LogP contribution is -2.43.